The maximum absolute atomic E-state index is 12.0. The van der Waals surface area contributed by atoms with Gasteiger partial charge in [0.2, 0.25) is 10.0 Å². The van der Waals surface area contributed by atoms with Gasteiger partial charge in [0.05, 0.1) is 11.2 Å². The van der Waals surface area contributed by atoms with Crippen LogP contribution in [0.15, 0.2) is 0 Å². The summed E-state index contributed by atoms with van der Waals surface area (Å²) in [5.74, 6) is -1.60. The van der Waals surface area contributed by atoms with Gasteiger partial charge in [-0.05, 0) is 19.3 Å². The molecule has 1 saturated heterocycles. The summed E-state index contributed by atoms with van der Waals surface area (Å²) in [5, 5.41) is 8.50. The van der Waals surface area contributed by atoms with E-state index >= 15 is 0 Å². The molecule has 0 amide bonds. The minimum absolute atomic E-state index is 0.0249. The van der Waals surface area contributed by atoms with E-state index in [1.807, 2.05) is 6.92 Å². The summed E-state index contributed by atoms with van der Waals surface area (Å²) < 4.78 is 31.5. The molecule has 106 valence electrons. The Morgan fingerprint density at radius 2 is 2.06 bits per heavy atom. The largest absolute Gasteiger partial charge is 0.481 e. The van der Waals surface area contributed by atoms with Crippen LogP contribution < -0.4 is 4.72 Å². The third-order valence-corrected chi connectivity index (χ3v) is 5.04. The molecular weight excluding hydrogens is 258 g/mol. The average Bonchev–Trinajstić information content (AvgIpc) is 2.35. The highest BCUT2D eigenvalue weighted by Gasteiger charge is 2.29. The second-order valence-electron chi connectivity index (χ2n) is 4.53. The summed E-state index contributed by atoms with van der Waals surface area (Å²) in [7, 11) is -3.42. The van der Waals surface area contributed by atoms with Crippen molar-refractivity contribution in [3.63, 3.8) is 0 Å². The van der Waals surface area contributed by atoms with Crippen LogP contribution in [0.25, 0.3) is 0 Å². The Hall–Kier alpha value is -0.660. The van der Waals surface area contributed by atoms with E-state index in [1.165, 1.54) is 0 Å². The number of sulfonamides is 1. The van der Waals surface area contributed by atoms with Crippen LogP contribution in [0.3, 0.4) is 0 Å². The van der Waals surface area contributed by atoms with Crippen molar-refractivity contribution in [1.29, 1.82) is 0 Å². The maximum atomic E-state index is 12.0. The summed E-state index contributed by atoms with van der Waals surface area (Å²) in [6.07, 6.45) is 2.14. The summed E-state index contributed by atoms with van der Waals surface area (Å²) >= 11 is 0. The summed E-state index contributed by atoms with van der Waals surface area (Å²) in [4.78, 5) is 10.9. The fraction of sp³-hybridized carbons (Fsp3) is 0.909. The number of carbonyl (C=O) groups is 1. The van der Waals surface area contributed by atoms with Crippen LogP contribution in [0.2, 0.25) is 0 Å². The van der Waals surface area contributed by atoms with Crippen molar-refractivity contribution in [3.05, 3.63) is 0 Å². The molecule has 1 fully saturated rings. The van der Waals surface area contributed by atoms with Gasteiger partial charge in [0.15, 0.2) is 0 Å². The molecule has 0 spiro atoms. The van der Waals surface area contributed by atoms with Crippen LogP contribution in [0.4, 0.5) is 0 Å². The lowest BCUT2D eigenvalue weighted by atomic mass is 10.1. The van der Waals surface area contributed by atoms with Gasteiger partial charge in [-0.15, -0.1) is 0 Å². The smallest absolute Gasteiger partial charge is 0.307 e. The first-order valence-corrected chi connectivity index (χ1v) is 7.81. The van der Waals surface area contributed by atoms with Crippen molar-refractivity contribution in [2.75, 3.05) is 19.8 Å². The lowest BCUT2D eigenvalue weighted by molar-refractivity contribution is -0.141. The van der Waals surface area contributed by atoms with E-state index in [0.717, 1.165) is 6.42 Å². The predicted molar refractivity (Wildman–Crippen MR) is 66.8 cm³/mol. The van der Waals surface area contributed by atoms with E-state index in [2.05, 4.69) is 4.72 Å². The minimum atomic E-state index is -3.42. The van der Waals surface area contributed by atoms with Crippen LogP contribution in [0.5, 0.6) is 0 Å². The van der Waals surface area contributed by atoms with Crippen LogP contribution in [0, 0.1) is 5.92 Å². The Kier molecular flexibility index (Phi) is 6.04. The summed E-state index contributed by atoms with van der Waals surface area (Å²) in [6.45, 7) is 2.75. The number of carboxylic acid groups (broad SMARTS) is 1. The van der Waals surface area contributed by atoms with Gasteiger partial charge < -0.3 is 9.84 Å². The molecule has 0 aliphatic carbocycles. The topological polar surface area (TPSA) is 92.7 Å². The van der Waals surface area contributed by atoms with E-state index in [1.54, 1.807) is 0 Å². The van der Waals surface area contributed by atoms with Gasteiger partial charge in [0, 0.05) is 19.8 Å². The van der Waals surface area contributed by atoms with Crippen molar-refractivity contribution < 1.29 is 23.1 Å². The number of hydrogen-bond donors (Lipinski definition) is 2. The first kappa shape index (κ1) is 15.4. The number of hydrogen-bond acceptors (Lipinski definition) is 4. The predicted octanol–water partition coefficient (Wildman–Crippen LogP) is 0.586. The zero-order valence-corrected chi connectivity index (χ0v) is 11.4. The van der Waals surface area contributed by atoms with Crippen molar-refractivity contribution in [1.82, 2.24) is 4.72 Å². The van der Waals surface area contributed by atoms with Crippen molar-refractivity contribution in [3.8, 4) is 0 Å². The van der Waals surface area contributed by atoms with Crippen LogP contribution in [-0.4, -0.2) is 44.5 Å². The number of aliphatic carboxylic acids is 1. The molecule has 1 heterocycles. The Bertz CT molecular complexity index is 362. The van der Waals surface area contributed by atoms with Crippen LogP contribution in [0.1, 0.15) is 32.6 Å². The third-order valence-electron chi connectivity index (χ3n) is 3.12. The van der Waals surface area contributed by atoms with Crippen molar-refractivity contribution in [2.45, 2.75) is 37.9 Å². The number of ether oxygens (including phenoxy) is 1. The van der Waals surface area contributed by atoms with Crippen LogP contribution >= 0.6 is 0 Å². The first-order chi connectivity index (χ1) is 8.47. The monoisotopic (exact) mass is 279 g/mol. The molecule has 0 bridgehead atoms. The molecule has 1 unspecified atom stereocenters. The highest BCUT2D eigenvalue weighted by molar-refractivity contribution is 7.90. The van der Waals surface area contributed by atoms with Gasteiger partial charge in [-0.1, -0.05) is 13.3 Å². The highest BCUT2D eigenvalue weighted by Crippen LogP contribution is 2.15. The zero-order chi connectivity index (χ0) is 13.6. The lowest BCUT2D eigenvalue weighted by Gasteiger charge is -2.23. The first-order valence-electron chi connectivity index (χ1n) is 6.26. The van der Waals surface area contributed by atoms with E-state index < -0.39 is 27.2 Å². The lowest BCUT2D eigenvalue weighted by Crippen LogP contribution is -2.41. The molecule has 7 heteroatoms. The van der Waals surface area contributed by atoms with Crippen molar-refractivity contribution in [2.24, 2.45) is 5.92 Å². The van der Waals surface area contributed by atoms with Gasteiger partial charge >= 0.3 is 5.97 Å². The number of carboxylic acids is 1. The van der Waals surface area contributed by atoms with Gasteiger partial charge in [-0.2, -0.15) is 0 Å². The Labute approximate surface area is 108 Å². The van der Waals surface area contributed by atoms with E-state index in [-0.39, 0.29) is 6.54 Å². The number of nitrogens with one attached hydrogen (secondary N) is 1. The van der Waals surface area contributed by atoms with Gasteiger partial charge in [0.25, 0.3) is 0 Å². The van der Waals surface area contributed by atoms with Gasteiger partial charge in [0.1, 0.15) is 0 Å². The quantitative estimate of drug-likeness (QED) is 0.711. The summed E-state index contributed by atoms with van der Waals surface area (Å²) in [6, 6.07) is 0. The molecule has 18 heavy (non-hydrogen) atoms. The Balaban J connectivity index is 2.51. The standard InChI is InChI=1S/C11H21NO5S/c1-2-3-9(11(13)14)8-12-18(15,16)10-4-6-17-7-5-10/h9-10,12H,2-8H2,1H3,(H,13,14). The molecule has 0 saturated carbocycles. The fourth-order valence-electron chi connectivity index (χ4n) is 1.98. The molecule has 0 aromatic rings. The summed E-state index contributed by atoms with van der Waals surface area (Å²) in [5.41, 5.74) is 0. The van der Waals surface area contributed by atoms with Gasteiger partial charge in [-0.25, -0.2) is 13.1 Å². The second-order valence-corrected chi connectivity index (χ2v) is 6.57. The highest BCUT2D eigenvalue weighted by atomic mass is 32.2. The molecule has 1 atom stereocenters. The molecule has 0 aromatic carbocycles. The molecule has 1 aliphatic rings. The molecule has 2 N–H and O–H groups in total. The number of rotatable bonds is 7. The van der Waals surface area contributed by atoms with Crippen LogP contribution in [-0.2, 0) is 19.6 Å². The van der Waals surface area contributed by atoms with E-state index in [0.29, 0.717) is 32.5 Å². The normalized spacial score (nSPS) is 19.6. The van der Waals surface area contributed by atoms with E-state index in [4.69, 9.17) is 9.84 Å². The SMILES string of the molecule is CCCC(CNS(=O)(=O)C1CCOCC1)C(=O)O. The maximum Gasteiger partial charge on any atom is 0.307 e. The molecular formula is C11H21NO5S. The molecule has 1 rings (SSSR count). The minimum Gasteiger partial charge on any atom is -0.481 e. The molecule has 0 radical (unpaired) electrons. The van der Waals surface area contributed by atoms with E-state index in [9.17, 15) is 13.2 Å². The van der Waals surface area contributed by atoms with Gasteiger partial charge in [-0.3, -0.25) is 4.79 Å². The second kappa shape index (κ2) is 7.06. The molecule has 6 nitrogen and oxygen atoms in total. The third kappa shape index (κ3) is 4.55. The molecule has 1 aliphatic heterocycles. The Morgan fingerprint density at radius 3 is 2.56 bits per heavy atom. The fourth-order valence-corrected chi connectivity index (χ4v) is 3.46. The zero-order valence-electron chi connectivity index (χ0n) is 10.6. The molecule has 0 aromatic heterocycles. The van der Waals surface area contributed by atoms with Crippen molar-refractivity contribution >= 4 is 16.0 Å². The average molecular weight is 279 g/mol. The Morgan fingerprint density at radius 1 is 1.44 bits per heavy atom.